The van der Waals surface area contributed by atoms with Gasteiger partial charge in [0.1, 0.15) is 17.2 Å². The van der Waals surface area contributed by atoms with Crippen LogP contribution < -0.4 is 4.74 Å². The van der Waals surface area contributed by atoms with Crippen molar-refractivity contribution < 1.29 is 9.47 Å². The maximum atomic E-state index is 6.12. The first kappa shape index (κ1) is 15.5. The molecular weight excluding hydrogens is 302 g/mol. The second kappa shape index (κ2) is 7.22. The molecule has 0 aliphatic carbocycles. The molecule has 2 aromatic rings. The normalized spacial score (nSPS) is 16.1. The molecule has 0 N–H and O–H groups in total. The number of hydrogen-bond donors (Lipinski definition) is 0. The lowest BCUT2D eigenvalue weighted by molar-refractivity contribution is 0.0358. The van der Waals surface area contributed by atoms with E-state index in [0.29, 0.717) is 11.8 Å². The van der Waals surface area contributed by atoms with Gasteiger partial charge in [0.05, 0.1) is 25.3 Å². The zero-order valence-corrected chi connectivity index (χ0v) is 13.5. The van der Waals surface area contributed by atoms with Gasteiger partial charge in [0, 0.05) is 25.0 Å². The molecule has 3 rings (SSSR count). The lowest BCUT2D eigenvalue weighted by Crippen LogP contribution is -2.37. The van der Waals surface area contributed by atoms with E-state index in [0.717, 1.165) is 61.5 Å². The Labute approximate surface area is 135 Å². The van der Waals surface area contributed by atoms with Crippen LogP contribution in [0.15, 0.2) is 18.5 Å². The van der Waals surface area contributed by atoms with E-state index in [2.05, 4.69) is 14.9 Å². The molecule has 0 bridgehead atoms. The van der Waals surface area contributed by atoms with Gasteiger partial charge in [-0.25, -0.2) is 9.97 Å². The third-order valence-electron chi connectivity index (χ3n) is 3.86. The van der Waals surface area contributed by atoms with Crippen molar-refractivity contribution in [2.24, 2.45) is 0 Å². The lowest BCUT2D eigenvalue weighted by Gasteiger charge is -2.26. The molecule has 1 saturated heterocycles. The summed E-state index contributed by atoms with van der Waals surface area (Å²) < 4.78 is 11.3. The van der Waals surface area contributed by atoms with Gasteiger partial charge in [-0.2, -0.15) is 0 Å². The summed E-state index contributed by atoms with van der Waals surface area (Å²) in [6.45, 7) is 7.46. The molecule has 0 unspecified atom stereocenters. The van der Waals surface area contributed by atoms with E-state index in [9.17, 15) is 0 Å². The van der Waals surface area contributed by atoms with Crippen LogP contribution in [0, 0.1) is 6.92 Å². The molecule has 118 valence electrons. The van der Waals surface area contributed by atoms with Gasteiger partial charge >= 0.3 is 0 Å². The van der Waals surface area contributed by atoms with Gasteiger partial charge in [-0.3, -0.25) is 4.90 Å². The predicted molar refractivity (Wildman–Crippen MR) is 86.7 cm³/mol. The Hall–Kier alpha value is -1.43. The SMILES string of the molecule is Cc1cc2ncnc(Cl)c2cc1OCCCN1CCOCC1. The van der Waals surface area contributed by atoms with Crippen molar-refractivity contribution in [3.8, 4) is 5.75 Å². The third-order valence-corrected chi connectivity index (χ3v) is 4.16. The number of halogens is 1. The minimum Gasteiger partial charge on any atom is -0.493 e. The number of fused-ring (bicyclic) bond motifs is 1. The Balaban J connectivity index is 1.59. The summed E-state index contributed by atoms with van der Waals surface area (Å²) in [5, 5.41) is 1.29. The molecule has 2 heterocycles. The fourth-order valence-corrected chi connectivity index (χ4v) is 2.80. The summed E-state index contributed by atoms with van der Waals surface area (Å²) in [5.74, 6) is 0.853. The van der Waals surface area contributed by atoms with Gasteiger partial charge in [0.15, 0.2) is 0 Å². The van der Waals surface area contributed by atoms with Crippen molar-refractivity contribution in [1.82, 2.24) is 14.9 Å². The standard InChI is InChI=1S/C16H20ClN3O2/c1-12-9-14-13(16(17)19-11-18-14)10-15(12)22-6-2-3-20-4-7-21-8-5-20/h9-11H,2-8H2,1H3. The highest BCUT2D eigenvalue weighted by molar-refractivity contribution is 6.34. The lowest BCUT2D eigenvalue weighted by atomic mass is 10.1. The minimum atomic E-state index is 0.461. The van der Waals surface area contributed by atoms with Crippen molar-refractivity contribution in [3.05, 3.63) is 29.2 Å². The van der Waals surface area contributed by atoms with Gasteiger partial charge in [0.25, 0.3) is 0 Å². The Morgan fingerprint density at radius 2 is 2.09 bits per heavy atom. The van der Waals surface area contributed by atoms with Crippen molar-refractivity contribution in [2.45, 2.75) is 13.3 Å². The Bertz CT molecular complexity index is 645. The molecule has 1 aromatic heterocycles. The largest absolute Gasteiger partial charge is 0.493 e. The van der Waals surface area contributed by atoms with Gasteiger partial charge in [-0.1, -0.05) is 11.6 Å². The van der Waals surface area contributed by atoms with Gasteiger partial charge in [0.2, 0.25) is 0 Å². The Kier molecular flexibility index (Phi) is 5.08. The Morgan fingerprint density at radius 3 is 2.91 bits per heavy atom. The molecule has 1 aliphatic heterocycles. The highest BCUT2D eigenvalue weighted by atomic mass is 35.5. The zero-order chi connectivity index (χ0) is 15.4. The highest BCUT2D eigenvalue weighted by Gasteiger charge is 2.10. The van der Waals surface area contributed by atoms with Crippen LogP contribution in [0.4, 0.5) is 0 Å². The fraction of sp³-hybridized carbons (Fsp3) is 0.500. The van der Waals surface area contributed by atoms with E-state index in [1.54, 1.807) is 0 Å². The van der Waals surface area contributed by atoms with Crippen LogP contribution in [0.2, 0.25) is 5.15 Å². The van der Waals surface area contributed by atoms with Crippen molar-refractivity contribution >= 4 is 22.5 Å². The molecule has 1 aliphatic rings. The Morgan fingerprint density at radius 1 is 1.27 bits per heavy atom. The van der Waals surface area contributed by atoms with E-state index in [1.165, 1.54) is 6.33 Å². The molecule has 1 fully saturated rings. The zero-order valence-electron chi connectivity index (χ0n) is 12.7. The molecule has 6 heteroatoms. The van der Waals surface area contributed by atoms with E-state index in [1.807, 2.05) is 19.1 Å². The van der Waals surface area contributed by atoms with E-state index in [4.69, 9.17) is 21.1 Å². The number of morpholine rings is 1. The first-order valence-corrected chi connectivity index (χ1v) is 7.95. The van der Waals surface area contributed by atoms with Crippen LogP contribution in [0.1, 0.15) is 12.0 Å². The monoisotopic (exact) mass is 321 g/mol. The summed E-state index contributed by atoms with van der Waals surface area (Å²) in [7, 11) is 0. The molecule has 1 aromatic carbocycles. The van der Waals surface area contributed by atoms with Crippen LogP contribution >= 0.6 is 11.6 Å². The maximum Gasteiger partial charge on any atom is 0.140 e. The minimum absolute atomic E-state index is 0.461. The maximum absolute atomic E-state index is 6.12. The van der Waals surface area contributed by atoms with Crippen molar-refractivity contribution in [1.29, 1.82) is 0 Å². The molecule has 5 nitrogen and oxygen atoms in total. The average molecular weight is 322 g/mol. The van der Waals surface area contributed by atoms with E-state index >= 15 is 0 Å². The predicted octanol–water partition coefficient (Wildman–Crippen LogP) is 2.69. The second-order valence-corrected chi connectivity index (χ2v) is 5.81. The molecule has 0 saturated carbocycles. The van der Waals surface area contributed by atoms with E-state index in [-0.39, 0.29) is 0 Å². The van der Waals surface area contributed by atoms with Crippen LogP contribution in [-0.4, -0.2) is 54.3 Å². The quantitative estimate of drug-likeness (QED) is 0.626. The topological polar surface area (TPSA) is 47.5 Å². The number of hydrogen-bond acceptors (Lipinski definition) is 5. The van der Waals surface area contributed by atoms with Crippen LogP contribution in [-0.2, 0) is 4.74 Å². The highest BCUT2D eigenvalue weighted by Crippen LogP contribution is 2.27. The van der Waals surface area contributed by atoms with Gasteiger partial charge < -0.3 is 9.47 Å². The first-order valence-electron chi connectivity index (χ1n) is 7.58. The van der Waals surface area contributed by atoms with Crippen LogP contribution in [0.25, 0.3) is 10.9 Å². The number of benzene rings is 1. The number of aryl methyl sites for hydroxylation is 1. The average Bonchev–Trinajstić information content (AvgIpc) is 2.53. The number of ether oxygens (including phenoxy) is 2. The smallest absolute Gasteiger partial charge is 0.140 e. The molecule has 0 spiro atoms. The fourth-order valence-electron chi connectivity index (χ4n) is 2.61. The number of nitrogens with zero attached hydrogens (tertiary/aromatic N) is 3. The second-order valence-electron chi connectivity index (χ2n) is 5.46. The summed E-state index contributed by atoms with van der Waals surface area (Å²) in [5.41, 5.74) is 1.91. The molecule has 0 amide bonds. The van der Waals surface area contributed by atoms with Gasteiger partial charge in [-0.05, 0) is 31.0 Å². The van der Waals surface area contributed by atoms with Crippen LogP contribution in [0.5, 0.6) is 5.75 Å². The summed E-state index contributed by atoms with van der Waals surface area (Å²) in [6.07, 6.45) is 2.48. The van der Waals surface area contributed by atoms with Crippen LogP contribution in [0.3, 0.4) is 0 Å². The summed E-state index contributed by atoms with van der Waals surface area (Å²) in [4.78, 5) is 10.7. The molecule has 0 radical (unpaired) electrons. The number of rotatable bonds is 5. The summed E-state index contributed by atoms with van der Waals surface area (Å²) in [6, 6.07) is 3.92. The summed E-state index contributed by atoms with van der Waals surface area (Å²) >= 11 is 6.12. The van der Waals surface area contributed by atoms with E-state index < -0.39 is 0 Å². The molecule has 22 heavy (non-hydrogen) atoms. The van der Waals surface area contributed by atoms with Crippen molar-refractivity contribution in [2.75, 3.05) is 39.5 Å². The molecular formula is C16H20ClN3O2. The number of aromatic nitrogens is 2. The van der Waals surface area contributed by atoms with Crippen molar-refractivity contribution in [3.63, 3.8) is 0 Å². The third kappa shape index (κ3) is 3.66. The van der Waals surface area contributed by atoms with Gasteiger partial charge in [-0.15, -0.1) is 0 Å². The first-order chi connectivity index (χ1) is 10.7. The molecule has 0 atom stereocenters.